The lowest BCUT2D eigenvalue weighted by atomic mass is 9.77. The van der Waals surface area contributed by atoms with E-state index in [0.29, 0.717) is 31.7 Å². The maximum Gasteiger partial charge on any atom is 0.261 e. The highest BCUT2D eigenvalue weighted by Gasteiger charge is 2.56. The van der Waals surface area contributed by atoms with Crippen molar-refractivity contribution in [3.63, 3.8) is 0 Å². The summed E-state index contributed by atoms with van der Waals surface area (Å²) in [6, 6.07) is 7.19. The Morgan fingerprint density at radius 1 is 1.08 bits per heavy atom. The Morgan fingerprint density at radius 3 is 2.54 bits per heavy atom. The van der Waals surface area contributed by atoms with Crippen LogP contribution in [0.25, 0.3) is 0 Å². The van der Waals surface area contributed by atoms with Gasteiger partial charge in [0.05, 0.1) is 23.8 Å². The first-order valence-corrected chi connectivity index (χ1v) is 8.69. The lowest BCUT2D eigenvalue weighted by molar-refractivity contribution is -0.147. The van der Waals surface area contributed by atoms with Crippen molar-refractivity contribution in [3.05, 3.63) is 54.6 Å². The Bertz CT molecular complexity index is 787. The molecule has 1 spiro atoms. The van der Waals surface area contributed by atoms with Crippen LogP contribution in [-0.2, 0) is 11.3 Å². The van der Waals surface area contributed by atoms with E-state index in [0.717, 1.165) is 5.56 Å². The number of alkyl halides is 2. The van der Waals surface area contributed by atoms with Crippen molar-refractivity contribution in [3.8, 4) is 0 Å². The molecule has 4 heterocycles. The number of piperidine rings is 1. The van der Waals surface area contributed by atoms with Crippen LogP contribution in [0.4, 0.5) is 14.5 Å². The van der Waals surface area contributed by atoms with E-state index >= 15 is 0 Å². The molecular formula is C19H20F2N4O. The summed E-state index contributed by atoms with van der Waals surface area (Å²) in [5.41, 5.74) is 0.497. The maximum atomic E-state index is 14.5. The Labute approximate surface area is 150 Å². The molecule has 0 saturated carbocycles. The highest BCUT2D eigenvalue weighted by Crippen LogP contribution is 2.46. The van der Waals surface area contributed by atoms with Crippen molar-refractivity contribution in [2.24, 2.45) is 5.41 Å². The van der Waals surface area contributed by atoms with Gasteiger partial charge in [0.25, 0.3) is 5.92 Å². The summed E-state index contributed by atoms with van der Waals surface area (Å²) in [7, 11) is 0. The van der Waals surface area contributed by atoms with Gasteiger partial charge in [-0.15, -0.1) is 0 Å². The number of likely N-dealkylation sites (tertiary alicyclic amines) is 1. The Morgan fingerprint density at radius 2 is 1.85 bits per heavy atom. The fourth-order valence-corrected chi connectivity index (χ4v) is 4.17. The zero-order chi connectivity index (χ0) is 18.2. The maximum absolute atomic E-state index is 14.5. The van der Waals surface area contributed by atoms with Crippen LogP contribution < -0.4 is 4.90 Å². The average molecular weight is 358 g/mol. The van der Waals surface area contributed by atoms with E-state index in [1.54, 1.807) is 52.8 Å². The third-order valence-electron chi connectivity index (χ3n) is 5.18. The molecule has 2 aromatic heterocycles. The van der Waals surface area contributed by atoms with Crippen LogP contribution in [0.5, 0.6) is 0 Å². The van der Waals surface area contributed by atoms with Gasteiger partial charge in [0.1, 0.15) is 0 Å². The van der Waals surface area contributed by atoms with Gasteiger partial charge in [0, 0.05) is 44.6 Å². The van der Waals surface area contributed by atoms with Crippen LogP contribution in [0, 0.1) is 5.41 Å². The molecule has 2 saturated heterocycles. The lowest BCUT2D eigenvalue weighted by Crippen LogP contribution is -2.55. The molecule has 7 heteroatoms. The van der Waals surface area contributed by atoms with Crippen molar-refractivity contribution in [2.75, 3.05) is 24.5 Å². The first-order valence-electron chi connectivity index (χ1n) is 8.69. The van der Waals surface area contributed by atoms with Gasteiger partial charge in [-0.3, -0.25) is 19.7 Å². The standard InChI is InChI=1S/C19H20F2N4O/c20-19(21)12-18(13-24(14-19)11-15-3-1-6-22-9-15)5-8-25(17(18)26)16-4-2-7-23-10-16/h1-4,6-7,9-10H,5,8,11-14H2. The number of halogens is 2. The van der Waals surface area contributed by atoms with Gasteiger partial charge in [-0.2, -0.15) is 0 Å². The predicted molar refractivity (Wildman–Crippen MR) is 92.7 cm³/mol. The molecule has 0 radical (unpaired) electrons. The number of anilines is 1. The predicted octanol–water partition coefficient (Wildman–Crippen LogP) is 2.74. The number of pyridine rings is 2. The van der Waals surface area contributed by atoms with E-state index in [2.05, 4.69) is 9.97 Å². The molecule has 0 aromatic carbocycles. The van der Waals surface area contributed by atoms with Gasteiger partial charge >= 0.3 is 0 Å². The number of rotatable bonds is 3. The number of carbonyl (C=O) groups excluding carboxylic acids is 1. The zero-order valence-electron chi connectivity index (χ0n) is 14.3. The second kappa shape index (κ2) is 6.39. The van der Waals surface area contributed by atoms with E-state index in [1.807, 2.05) is 6.07 Å². The lowest BCUT2D eigenvalue weighted by Gasteiger charge is -2.42. The van der Waals surface area contributed by atoms with E-state index < -0.39 is 11.3 Å². The van der Waals surface area contributed by atoms with Crippen LogP contribution in [0.15, 0.2) is 49.1 Å². The summed E-state index contributed by atoms with van der Waals surface area (Å²) < 4.78 is 29.0. The van der Waals surface area contributed by atoms with Gasteiger partial charge in [0.2, 0.25) is 5.91 Å². The van der Waals surface area contributed by atoms with Gasteiger partial charge in [0.15, 0.2) is 0 Å². The van der Waals surface area contributed by atoms with Crippen molar-refractivity contribution in [1.29, 1.82) is 0 Å². The molecule has 2 aliphatic rings. The second-order valence-electron chi connectivity index (χ2n) is 7.24. The van der Waals surface area contributed by atoms with Crippen LogP contribution >= 0.6 is 0 Å². The number of hydrogen-bond donors (Lipinski definition) is 0. The summed E-state index contributed by atoms with van der Waals surface area (Å²) in [5.74, 6) is -3.11. The Hall–Kier alpha value is -2.41. The number of aromatic nitrogens is 2. The summed E-state index contributed by atoms with van der Waals surface area (Å²) in [4.78, 5) is 24.5. The van der Waals surface area contributed by atoms with E-state index in [4.69, 9.17) is 0 Å². The second-order valence-corrected chi connectivity index (χ2v) is 7.24. The molecule has 0 N–H and O–H groups in total. The minimum absolute atomic E-state index is 0.221. The fourth-order valence-electron chi connectivity index (χ4n) is 4.17. The quantitative estimate of drug-likeness (QED) is 0.847. The highest BCUT2D eigenvalue weighted by molar-refractivity contribution is 6.00. The molecule has 4 rings (SSSR count). The molecule has 1 unspecified atom stereocenters. The third kappa shape index (κ3) is 3.19. The molecule has 1 atom stereocenters. The smallest absolute Gasteiger partial charge is 0.261 e. The molecular weight excluding hydrogens is 338 g/mol. The topological polar surface area (TPSA) is 49.3 Å². The minimum Gasteiger partial charge on any atom is -0.310 e. The van der Waals surface area contributed by atoms with E-state index in [9.17, 15) is 13.6 Å². The average Bonchev–Trinajstić information content (AvgIpc) is 2.91. The SMILES string of the molecule is O=C1N(c2cccnc2)CCC12CN(Cc1cccnc1)CC(F)(F)C2. The summed E-state index contributed by atoms with van der Waals surface area (Å²) in [6.45, 7) is 0.823. The van der Waals surface area contributed by atoms with Crippen LogP contribution in [0.3, 0.4) is 0 Å². The fraction of sp³-hybridized carbons (Fsp3) is 0.421. The largest absolute Gasteiger partial charge is 0.310 e. The summed E-state index contributed by atoms with van der Waals surface area (Å²) >= 11 is 0. The molecule has 1 amide bonds. The van der Waals surface area contributed by atoms with Crippen LogP contribution in [0.1, 0.15) is 18.4 Å². The van der Waals surface area contributed by atoms with Crippen LogP contribution in [-0.4, -0.2) is 46.3 Å². The highest BCUT2D eigenvalue weighted by atomic mass is 19.3. The van der Waals surface area contributed by atoms with Gasteiger partial charge in [-0.05, 0) is 30.2 Å². The van der Waals surface area contributed by atoms with Crippen molar-refractivity contribution >= 4 is 11.6 Å². The molecule has 0 bridgehead atoms. The van der Waals surface area contributed by atoms with E-state index in [-0.39, 0.29) is 18.9 Å². The van der Waals surface area contributed by atoms with Crippen molar-refractivity contribution in [1.82, 2.24) is 14.9 Å². The first-order chi connectivity index (χ1) is 12.5. The van der Waals surface area contributed by atoms with Crippen LogP contribution in [0.2, 0.25) is 0 Å². The zero-order valence-corrected chi connectivity index (χ0v) is 14.3. The van der Waals surface area contributed by atoms with Crippen molar-refractivity contribution in [2.45, 2.75) is 25.3 Å². The first kappa shape index (κ1) is 17.0. The Kier molecular flexibility index (Phi) is 4.19. The monoisotopic (exact) mass is 358 g/mol. The van der Waals surface area contributed by atoms with E-state index in [1.165, 1.54) is 0 Å². The molecule has 5 nitrogen and oxygen atoms in total. The third-order valence-corrected chi connectivity index (χ3v) is 5.18. The molecule has 2 aliphatic heterocycles. The summed E-state index contributed by atoms with van der Waals surface area (Å²) in [6.07, 6.45) is 6.61. The van der Waals surface area contributed by atoms with Gasteiger partial charge < -0.3 is 4.90 Å². The molecule has 2 aromatic rings. The summed E-state index contributed by atoms with van der Waals surface area (Å²) in [5, 5.41) is 0. The Balaban J connectivity index is 1.58. The molecule has 26 heavy (non-hydrogen) atoms. The number of hydrogen-bond acceptors (Lipinski definition) is 4. The van der Waals surface area contributed by atoms with Crippen molar-refractivity contribution < 1.29 is 13.6 Å². The van der Waals surface area contributed by atoms with Gasteiger partial charge in [-0.1, -0.05) is 6.07 Å². The molecule has 136 valence electrons. The number of amides is 1. The van der Waals surface area contributed by atoms with Gasteiger partial charge in [-0.25, -0.2) is 8.78 Å². The minimum atomic E-state index is -2.89. The number of nitrogens with zero attached hydrogens (tertiary/aromatic N) is 4. The normalized spacial score (nSPS) is 25.8. The molecule has 2 fully saturated rings. The molecule has 0 aliphatic carbocycles. The number of carbonyl (C=O) groups is 1.